The summed E-state index contributed by atoms with van der Waals surface area (Å²) in [6.45, 7) is 1.61. The van der Waals surface area contributed by atoms with Crippen molar-refractivity contribution in [3.63, 3.8) is 0 Å². The maximum atomic E-state index is 10.4. The molecule has 0 bridgehead atoms. The van der Waals surface area contributed by atoms with Crippen LogP contribution in [0.2, 0.25) is 0 Å². The van der Waals surface area contributed by atoms with Gasteiger partial charge in [-0.15, -0.1) is 0 Å². The summed E-state index contributed by atoms with van der Waals surface area (Å²) in [6.07, 6.45) is 0. The van der Waals surface area contributed by atoms with Crippen molar-refractivity contribution in [2.75, 3.05) is 6.61 Å². The second-order valence-corrected chi connectivity index (χ2v) is 2.38. The van der Waals surface area contributed by atoms with Crippen LogP contribution >= 0.6 is 0 Å². The van der Waals surface area contributed by atoms with E-state index in [9.17, 15) is 9.00 Å². The van der Waals surface area contributed by atoms with Gasteiger partial charge in [0.25, 0.3) is 5.44 Å². The second-order valence-electron chi connectivity index (χ2n) is 1.38. The molecular weight excluding hydrogens is 160 g/mol. The van der Waals surface area contributed by atoms with Crippen LogP contribution in [0.3, 0.4) is 0 Å². The van der Waals surface area contributed by atoms with E-state index in [-0.39, 0.29) is 6.61 Å². The van der Waals surface area contributed by atoms with Gasteiger partial charge in [0.2, 0.25) is 0 Å². The molecule has 0 saturated carbocycles. The number of rotatable bonds is 3. The van der Waals surface area contributed by atoms with Crippen LogP contribution in [-0.4, -0.2) is 31.9 Å². The van der Waals surface area contributed by atoms with Gasteiger partial charge in [-0.05, 0) is 6.92 Å². The molecular formula is C4H8O5S. The third-order valence-electron chi connectivity index (χ3n) is 0.679. The summed E-state index contributed by atoms with van der Waals surface area (Å²) in [4.78, 5) is 10.4. The van der Waals surface area contributed by atoms with Gasteiger partial charge in [-0.1, -0.05) is 0 Å². The first-order chi connectivity index (χ1) is 4.59. The Hall–Kier alpha value is -0.460. The molecule has 0 aromatic rings. The van der Waals surface area contributed by atoms with Crippen molar-refractivity contribution in [3.05, 3.63) is 0 Å². The van der Waals surface area contributed by atoms with E-state index in [1.165, 1.54) is 6.92 Å². The third kappa shape index (κ3) is 2.90. The molecule has 5 nitrogen and oxygen atoms in total. The number of hydrogen-bond acceptors (Lipinski definition) is 4. The Morgan fingerprint density at radius 3 is 2.60 bits per heavy atom. The number of carbonyl (C=O) groups is 1. The molecule has 0 aromatic heterocycles. The Kier molecular flexibility index (Phi) is 4.17. The third-order valence-corrected chi connectivity index (χ3v) is 1.25. The van der Waals surface area contributed by atoms with Crippen molar-refractivity contribution in [3.8, 4) is 0 Å². The van der Waals surface area contributed by atoms with Gasteiger partial charge >= 0.3 is 5.97 Å². The van der Waals surface area contributed by atoms with Crippen LogP contribution < -0.4 is 0 Å². The van der Waals surface area contributed by atoms with Gasteiger partial charge in [-0.25, -0.2) is 9.00 Å². The summed E-state index contributed by atoms with van der Waals surface area (Å²) in [6, 6.07) is 0. The standard InChI is InChI=1S/C4H8O5S/c1-2-9-3(5)4(6)10(7)8/h4,6H,2H2,1H3,(H,7,8). The predicted octanol–water partition coefficient (Wildman–Crippen LogP) is -0.910. The first-order valence-corrected chi connectivity index (χ1v) is 3.71. The maximum Gasteiger partial charge on any atom is 0.350 e. The Morgan fingerprint density at radius 2 is 2.30 bits per heavy atom. The Bertz CT molecular complexity index is 145. The highest BCUT2D eigenvalue weighted by Gasteiger charge is 2.21. The lowest BCUT2D eigenvalue weighted by atomic mass is 10.7. The van der Waals surface area contributed by atoms with Gasteiger partial charge in [-0.2, -0.15) is 0 Å². The molecule has 2 atom stereocenters. The Morgan fingerprint density at radius 1 is 1.80 bits per heavy atom. The molecule has 0 radical (unpaired) electrons. The number of aliphatic hydroxyl groups excluding tert-OH is 1. The first kappa shape index (κ1) is 9.54. The van der Waals surface area contributed by atoms with E-state index in [2.05, 4.69) is 4.74 Å². The molecule has 2 N–H and O–H groups in total. The lowest BCUT2D eigenvalue weighted by molar-refractivity contribution is -0.148. The topological polar surface area (TPSA) is 83.8 Å². The highest BCUT2D eigenvalue weighted by molar-refractivity contribution is 7.80. The van der Waals surface area contributed by atoms with Gasteiger partial charge in [0.1, 0.15) is 0 Å². The molecule has 6 heteroatoms. The van der Waals surface area contributed by atoms with Gasteiger partial charge in [-0.3, -0.25) is 0 Å². The first-order valence-electron chi connectivity index (χ1n) is 2.54. The lowest BCUT2D eigenvalue weighted by Gasteiger charge is -2.03. The zero-order valence-electron chi connectivity index (χ0n) is 5.31. The largest absolute Gasteiger partial charge is 0.463 e. The minimum Gasteiger partial charge on any atom is -0.463 e. The fourth-order valence-corrected chi connectivity index (χ4v) is 0.529. The summed E-state index contributed by atoms with van der Waals surface area (Å²) < 4.78 is 22.3. The van der Waals surface area contributed by atoms with Crippen LogP contribution in [0.25, 0.3) is 0 Å². The quantitative estimate of drug-likeness (QED) is 0.421. The number of ether oxygens (including phenoxy) is 1. The molecule has 10 heavy (non-hydrogen) atoms. The molecule has 0 aliphatic rings. The summed E-state index contributed by atoms with van der Waals surface area (Å²) in [7, 11) is 0. The monoisotopic (exact) mass is 168 g/mol. The van der Waals surface area contributed by atoms with Crippen molar-refractivity contribution in [1.82, 2.24) is 0 Å². The van der Waals surface area contributed by atoms with Gasteiger partial charge in [0, 0.05) is 0 Å². The van der Waals surface area contributed by atoms with Crippen molar-refractivity contribution in [2.24, 2.45) is 0 Å². The average molecular weight is 168 g/mol. The summed E-state index contributed by atoms with van der Waals surface area (Å²) >= 11 is -2.56. The molecule has 60 valence electrons. The van der Waals surface area contributed by atoms with Gasteiger partial charge in [0.05, 0.1) is 6.61 Å². The molecule has 2 unspecified atom stereocenters. The number of carbonyl (C=O) groups excluding carboxylic acids is 1. The zero-order valence-corrected chi connectivity index (χ0v) is 6.13. The summed E-state index contributed by atoms with van der Waals surface area (Å²) in [5.41, 5.74) is -1.94. The van der Waals surface area contributed by atoms with Crippen molar-refractivity contribution >= 4 is 17.0 Å². The van der Waals surface area contributed by atoms with E-state index < -0.39 is 22.5 Å². The van der Waals surface area contributed by atoms with Crippen LogP contribution in [0, 0.1) is 0 Å². The molecule has 0 aromatic carbocycles. The smallest absolute Gasteiger partial charge is 0.350 e. The van der Waals surface area contributed by atoms with Crippen LogP contribution in [-0.2, 0) is 20.6 Å². The van der Waals surface area contributed by atoms with Crippen LogP contribution in [0.4, 0.5) is 0 Å². The van der Waals surface area contributed by atoms with Crippen molar-refractivity contribution in [1.29, 1.82) is 0 Å². The van der Waals surface area contributed by atoms with E-state index in [0.717, 1.165) is 0 Å². The van der Waals surface area contributed by atoms with E-state index in [0.29, 0.717) is 0 Å². The van der Waals surface area contributed by atoms with Gasteiger partial charge < -0.3 is 14.4 Å². The number of aliphatic hydroxyl groups is 1. The SMILES string of the molecule is CCOC(=O)C(O)S(=O)O. The Labute approximate surface area is 60.3 Å². The molecule has 0 amide bonds. The van der Waals surface area contributed by atoms with Crippen molar-refractivity contribution in [2.45, 2.75) is 12.4 Å². The van der Waals surface area contributed by atoms with Crippen LogP contribution in [0.5, 0.6) is 0 Å². The minimum atomic E-state index is -2.56. The normalized spacial score (nSPS) is 15.9. The highest BCUT2D eigenvalue weighted by Crippen LogP contribution is 1.91. The molecule has 0 spiro atoms. The fourth-order valence-electron chi connectivity index (χ4n) is 0.296. The molecule has 0 fully saturated rings. The number of esters is 1. The van der Waals surface area contributed by atoms with E-state index in [1.807, 2.05) is 0 Å². The molecule has 0 aliphatic heterocycles. The van der Waals surface area contributed by atoms with E-state index >= 15 is 0 Å². The minimum absolute atomic E-state index is 0.0765. The van der Waals surface area contributed by atoms with E-state index in [1.54, 1.807) is 0 Å². The van der Waals surface area contributed by atoms with Gasteiger partial charge in [0.15, 0.2) is 11.1 Å². The predicted molar refractivity (Wildman–Crippen MR) is 33.4 cm³/mol. The summed E-state index contributed by atoms with van der Waals surface area (Å²) in [5, 5.41) is 8.50. The zero-order chi connectivity index (χ0) is 8.15. The molecule has 0 rings (SSSR count). The van der Waals surface area contributed by atoms with Crippen molar-refractivity contribution < 1.29 is 23.4 Å². The molecule has 0 aliphatic carbocycles. The second kappa shape index (κ2) is 4.37. The van der Waals surface area contributed by atoms with E-state index in [4.69, 9.17) is 9.66 Å². The fraction of sp³-hybridized carbons (Fsp3) is 0.750. The molecule has 0 heterocycles. The maximum absolute atomic E-state index is 10.4. The highest BCUT2D eigenvalue weighted by atomic mass is 32.2. The number of hydrogen-bond donors (Lipinski definition) is 2. The average Bonchev–Trinajstić information content (AvgIpc) is 1.87. The molecule has 0 saturated heterocycles. The Balaban J connectivity index is 3.82. The van der Waals surface area contributed by atoms with Crippen LogP contribution in [0.1, 0.15) is 6.92 Å². The lowest BCUT2D eigenvalue weighted by Crippen LogP contribution is -2.27. The summed E-state index contributed by atoms with van der Waals surface area (Å²) in [5.74, 6) is -1.08. The van der Waals surface area contributed by atoms with Crippen LogP contribution in [0.15, 0.2) is 0 Å².